The van der Waals surface area contributed by atoms with Crippen LogP contribution in [-0.4, -0.2) is 40.1 Å². The van der Waals surface area contributed by atoms with Gasteiger partial charge in [-0.25, -0.2) is 13.1 Å². The van der Waals surface area contributed by atoms with Gasteiger partial charge in [-0.15, -0.1) is 0 Å². The number of methoxy groups -OCH3 is 2. The Morgan fingerprint density at radius 1 is 0.967 bits per heavy atom. The van der Waals surface area contributed by atoms with Crippen molar-refractivity contribution in [3.05, 3.63) is 59.7 Å². The van der Waals surface area contributed by atoms with Gasteiger partial charge in [0, 0.05) is 18.2 Å². The fourth-order valence-corrected chi connectivity index (χ4v) is 4.45. The molecule has 2 atom stereocenters. The number of carbonyl (C=O) groups excluding carboxylic acids is 1. The zero-order chi connectivity index (χ0) is 22.5. The average molecular weight is 435 g/mol. The van der Waals surface area contributed by atoms with Crippen LogP contribution in [0.5, 0.6) is 5.75 Å². The van der Waals surface area contributed by atoms with E-state index in [1.54, 1.807) is 35.0 Å². The zero-order valence-electron chi connectivity index (χ0n) is 18.2. The molecule has 2 aromatic carbocycles. The highest BCUT2D eigenvalue weighted by Crippen LogP contribution is 2.23. The average Bonchev–Trinajstić information content (AvgIpc) is 2.67. The summed E-state index contributed by atoms with van der Waals surface area (Å²) < 4.78 is 38.1. The molecule has 1 amide bonds. The highest BCUT2D eigenvalue weighted by atomic mass is 32.2. The monoisotopic (exact) mass is 434 g/mol. The van der Waals surface area contributed by atoms with E-state index in [2.05, 4.69) is 10.0 Å². The Balaban J connectivity index is 2.10. The standard InChI is InChI=1S/C22H30N2O5S/c1-15(20(29-6)16-7-11-18(28-5)12-8-16)23-21(25)17-9-13-19(14-10-17)30(26,27)24-22(2,3)4/h7-15,20,24H,1-6H3,(H,23,25). The number of nitrogens with one attached hydrogen (secondary N) is 2. The fourth-order valence-electron chi connectivity index (χ4n) is 3.04. The van der Waals surface area contributed by atoms with Gasteiger partial charge >= 0.3 is 0 Å². The molecule has 0 bridgehead atoms. The molecule has 0 aliphatic carbocycles. The molecule has 30 heavy (non-hydrogen) atoms. The third-order valence-electron chi connectivity index (χ3n) is 4.38. The number of ether oxygens (including phenoxy) is 2. The summed E-state index contributed by atoms with van der Waals surface area (Å²) in [5.41, 5.74) is 0.669. The molecule has 164 valence electrons. The van der Waals surface area contributed by atoms with Crippen LogP contribution in [0.1, 0.15) is 49.7 Å². The van der Waals surface area contributed by atoms with Crippen molar-refractivity contribution in [3.63, 3.8) is 0 Å². The smallest absolute Gasteiger partial charge is 0.251 e. The van der Waals surface area contributed by atoms with E-state index < -0.39 is 15.6 Å². The molecule has 0 radical (unpaired) electrons. The van der Waals surface area contributed by atoms with Crippen LogP contribution in [0.2, 0.25) is 0 Å². The van der Waals surface area contributed by atoms with E-state index in [1.807, 2.05) is 31.2 Å². The van der Waals surface area contributed by atoms with Gasteiger partial charge in [-0.05, 0) is 69.7 Å². The van der Waals surface area contributed by atoms with Crippen molar-refractivity contribution in [2.45, 2.75) is 50.3 Å². The first-order valence-electron chi connectivity index (χ1n) is 9.58. The third kappa shape index (κ3) is 6.29. The third-order valence-corrected chi connectivity index (χ3v) is 6.15. The molecule has 0 fully saturated rings. The van der Waals surface area contributed by atoms with Gasteiger partial charge < -0.3 is 14.8 Å². The maximum Gasteiger partial charge on any atom is 0.251 e. The van der Waals surface area contributed by atoms with Crippen molar-refractivity contribution in [1.82, 2.24) is 10.0 Å². The summed E-state index contributed by atoms with van der Waals surface area (Å²) in [6, 6.07) is 13.0. The number of benzene rings is 2. The van der Waals surface area contributed by atoms with E-state index in [1.165, 1.54) is 24.3 Å². The van der Waals surface area contributed by atoms with Crippen LogP contribution in [0.25, 0.3) is 0 Å². The molecule has 0 aliphatic rings. The second kappa shape index (κ2) is 9.59. The van der Waals surface area contributed by atoms with Crippen LogP contribution in [0, 0.1) is 0 Å². The molecular weight excluding hydrogens is 404 g/mol. The SMILES string of the molecule is COc1ccc(C(OC)C(C)NC(=O)c2ccc(S(=O)(=O)NC(C)(C)C)cc2)cc1. The van der Waals surface area contributed by atoms with Gasteiger partial charge in [0.2, 0.25) is 10.0 Å². The minimum absolute atomic E-state index is 0.107. The summed E-state index contributed by atoms with van der Waals surface area (Å²) in [6.45, 7) is 7.15. The summed E-state index contributed by atoms with van der Waals surface area (Å²) in [4.78, 5) is 12.8. The summed E-state index contributed by atoms with van der Waals surface area (Å²) >= 11 is 0. The van der Waals surface area contributed by atoms with Crippen molar-refractivity contribution in [2.75, 3.05) is 14.2 Å². The van der Waals surface area contributed by atoms with Crippen LogP contribution in [0.3, 0.4) is 0 Å². The van der Waals surface area contributed by atoms with E-state index in [4.69, 9.17) is 9.47 Å². The van der Waals surface area contributed by atoms with E-state index >= 15 is 0 Å². The predicted molar refractivity (Wildman–Crippen MR) is 116 cm³/mol. The highest BCUT2D eigenvalue weighted by molar-refractivity contribution is 7.89. The number of hydrogen-bond acceptors (Lipinski definition) is 5. The first-order valence-corrected chi connectivity index (χ1v) is 11.1. The number of hydrogen-bond donors (Lipinski definition) is 2. The summed E-state index contributed by atoms with van der Waals surface area (Å²) in [5, 5.41) is 2.91. The van der Waals surface area contributed by atoms with Gasteiger partial charge in [-0.1, -0.05) is 12.1 Å². The molecule has 2 N–H and O–H groups in total. The van der Waals surface area contributed by atoms with Crippen LogP contribution in [0.15, 0.2) is 53.4 Å². The quantitative estimate of drug-likeness (QED) is 0.665. The molecule has 2 aromatic rings. The van der Waals surface area contributed by atoms with Crippen molar-refractivity contribution in [1.29, 1.82) is 0 Å². The number of amides is 1. The van der Waals surface area contributed by atoms with Gasteiger partial charge in [-0.3, -0.25) is 4.79 Å². The Kier molecular flexibility index (Phi) is 7.63. The maximum atomic E-state index is 12.6. The first kappa shape index (κ1) is 23.9. The lowest BCUT2D eigenvalue weighted by Crippen LogP contribution is -2.40. The number of rotatable bonds is 8. The van der Waals surface area contributed by atoms with Crippen LogP contribution in [-0.2, 0) is 14.8 Å². The Morgan fingerprint density at radius 2 is 1.53 bits per heavy atom. The lowest BCUT2D eigenvalue weighted by molar-refractivity contribution is 0.0644. The summed E-state index contributed by atoms with van der Waals surface area (Å²) in [7, 11) is -0.473. The van der Waals surface area contributed by atoms with E-state index in [9.17, 15) is 13.2 Å². The predicted octanol–water partition coefficient (Wildman–Crippen LogP) is 3.28. The van der Waals surface area contributed by atoms with E-state index in [-0.39, 0.29) is 22.9 Å². The normalized spacial score (nSPS) is 14.1. The van der Waals surface area contributed by atoms with Gasteiger partial charge in [0.05, 0.1) is 18.0 Å². The molecule has 8 heteroatoms. The van der Waals surface area contributed by atoms with Gasteiger partial charge in [0.15, 0.2) is 0 Å². The van der Waals surface area contributed by atoms with E-state index in [0.29, 0.717) is 5.56 Å². The minimum Gasteiger partial charge on any atom is -0.497 e. The van der Waals surface area contributed by atoms with Crippen molar-refractivity contribution in [2.24, 2.45) is 0 Å². The molecule has 7 nitrogen and oxygen atoms in total. The Labute approximate surface area is 178 Å². The van der Waals surface area contributed by atoms with Gasteiger partial charge in [0.25, 0.3) is 5.91 Å². The van der Waals surface area contributed by atoms with Gasteiger partial charge in [-0.2, -0.15) is 0 Å². The Hall–Kier alpha value is -2.42. The number of sulfonamides is 1. The van der Waals surface area contributed by atoms with Crippen molar-refractivity contribution in [3.8, 4) is 5.75 Å². The van der Waals surface area contributed by atoms with Crippen LogP contribution < -0.4 is 14.8 Å². The Morgan fingerprint density at radius 3 is 2.00 bits per heavy atom. The molecule has 2 rings (SSSR count). The van der Waals surface area contributed by atoms with E-state index in [0.717, 1.165) is 11.3 Å². The van der Waals surface area contributed by atoms with Crippen molar-refractivity contribution >= 4 is 15.9 Å². The van der Waals surface area contributed by atoms with Crippen molar-refractivity contribution < 1.29 is 22.7 Å². The fraction of sp³-hybridized carbons (Fsp3) is 0.409. The van der Waals surface area contributed by atoms with Gasteiger partial charge in [0.1, 0.15) is 11.9 Å². The summed E-state index contributed by atoms with van der Waals surface area (Å²) in [5.74, 6) is 0.423. The molecule has 0 aromatic heterocycles. The molecule has 0 saturated heterocycles. The first-order chi connectivity index (χ1) is 14.0. The molecule has 0 heterocycles. The van der Waals surface area contributed by atoms with Crippen LogP contribution in [0.4, 0.5) is 0 Å². The zero-order valence-corrected chi connectivity index (χ0v) is 19.0. The second-order valence-corrected chi connectivity index (χ2v) is 9.75. The molecule has 2 unspecified atom stereocenters. The molecule has 0 saturated carbocycles. The molecule has 0 spiro atoms. The second-order valence-electron chi connectivity index (χ2n) is 8.07. The highest BCUT2D eigenvalue weighted by Gasteiger charge is 2.24. The molecule has 0 aliphatic heterocycles. The molecular formula is C22H30N2O5S. The lowest BCUT2D eigenvalue weighted by atomic mass is 10.0. The summed E-state index contributed by atoms with van der Waals surface area (Å²) in [6.07, 6.45) is -0.351. The maximum absolute atomic E-state index is 12.6. The number of carbonyl (C=O) groups is 1. The van der Waals surface area contributed by atoms with Crippen LogP contribution >= 0.6 is 0 Å². The lowest BCUT2D eigenvalue weighted by Gasteiger charge is -2.24. The Bertz CT molecular complexity index is 949. The minimum atomic E-state index is -3.65. The largest absolute Gasteiger partial charge is 0.497 e. The topological polar surface area (TPSA) is 93.7 Å².